The normalized spacial score (nSPS) is 18.1. The summed E-state index contributed by atoms with van der Waals surface area (Å²) in [5.41, 5.74) is 1.19. The van der Waals surface area contributed by atoms with Gasteiger partial charge in [-0.05, 0) is 24.1 Å². The minimum absolute atomic E-state index is 0.253. The smallest absolute Gasteiger partial charge is 0.115 e. The highest BCUT2D eigenvalue weighted by atomic mass is 16.3. The first kappa shape index (κ1) is 13.3. The summed E-state index contributed by atoms with van der Waals surface area (Å²) in [6, 6.07) is 7.49. The van der Waals surface area contributed by atoms with Gasteiger partial charge < -0.3 is 15.1 Å². The van der Waals surface area contributed by atoms with Gasteiger partial charge in [0.15, 0.2) is 0 Å². The Morgan fingerprint density at radius 1 is 1.00 bits per heavy atom. The van der Waals surface area contributed by atoms with Crippen LogP contribution in [0.25, 0.3) is 0 Å². The molecule has 18 heavy (non-hydrogen) atoms. The van der Waals surface area contributed by atoms with E-state index in [1.807, 2.05) is 12.1 Å². The lowest BCUT2D eigenvalue weighted by molar-refractivity contribution is 0.113. The Morgan fingerprint density at radius 3 is 2.28 bits per heavy atom. The first-order chi connectivity index (χ1) is 8.78. The molecule has 0 aliphatic carbocycles. The van der Waals surface area contributed by atoms with Crippen molar-refractivity contribution in [3.05, 3.63) is 29.8 Å². The number of rotatable bonds is 5. The van der Waals surface area contributed by atoms with Gasteiger partial charge in [0.2, 0.25) is 0 Å². The molecule has 0 atom stereocenters. The van der Waals surface area contributed by atoms with E-state index in [4.69, 9.17) is 5.11 Å². The lowest BCUT2D eigenvalue weighted by Crippen LogP contribution is -2.47. The molecule has 100 valence electrons. The number of aromatic hydroxyl groups is 1. The number of aliphatic hydroxyl groups excluding tert-OH is 1. The molecular weight excluding hydrogens is 228 g/mol. The molecule has 1 aliphatic rings. The zero-order chi connectivity index (χ0) is 12.8. The van der Waals surface area contributed by atoms with Gasteiger partial charge in [0, 0.05) is 39.3 Å². The average molecular weight is 250 g/mol. The summed E-state index contributed by atoms with van der Waals surface area (Å²) in [6.07, 6.45) is 0.981. The summed E-state index contributed by atoms with van der Waals surface area (Å²) in [5, 5.41) is 18.3. The maximum absolute atomic E-state index is 9.40. The van der Waals surface area contributed by atoms with Crippen LogP contribution < -0.4 is 0 Å². The van der Waals surface area contributed by atoms with Crippen molar-refractivity contribution < 1.29 is 10.2 Å². The van der Waals surface area contributed by atoms with Crippen LogP contribution in [0, 0.1) is 0 Å². The number of piperazine rings is 1. The highest BCUT2D eigenvalue weighted by Gasteiger charge is 2.15. The van der Waals surface area contributed by atoms with E-state index < -0.39 is 0 Å². The number of aliphatic hydroxyl groups is 1. The minimum Gasteiger partial charge on any atom is -0.508 e. The first-order valence-corrected chi connectivity index (χ1v) is 6.61. The highest BCUT2D eigenvalue weighted by Crippen LogP contribution is 2.12. The van der Waals surface area contributed by atoms with Crippen LogP contribution in [0.5, 0.6) is 5.75 Å². The molecule has 1 saturated heterocycles. The van der Waals surface area contributed by atoms with E-state index in [1.165, 1.54) is 5.56 Å². The van der Waals surface area contributed by atoms with Crippen LogP contribution in [0.3, 0.4) is 0 Å². The molecule has 4 heteroatoms. The van der Waals surface area contributed by atoms with Crippen LogP contribution in [-0.4, -0.2) is 65.9 Å². The summed E-state index contributed by atoms with van der Waals surface area (Å²) in [4.78, 5) is 4.74. The molecule has 4 nitrogen and oxygen atoms in total. The van der Waals surface area contributed by atoms with E-state index in [9.17, 15) is 5.11 Å². The van der Waals surface area contributed by atoms with Crippen LogP contribution >= 0.6 is 0 Å². The average Bonchev–Trinajstić information content (AvgIpc) is 2.38. The molecule has 1 heterocycles. The van der Waals surface area contributed by atoms with Crippen molar-refractivity contribution in [3.8, 4) is 5.75 Å². The lowest BCUT2D eigenvalue weighted by atomic mass is 10.1. The maximum Gasteiger partial charge on any atom is 0.115 e. The summed E-state index contributed by atoms with van der Waals surface area (Å²) < 4.78 is 0. The monoisotopic (exact) mass is 250 g/mol. The number of phenolic OH excluding ortho intramolecular Hbond substituents is 1. The molecule has 0 aromatic heterocycles. The fourth-order valence-electron chi connectivity index (χ4n) is 2.38. The van der Waals surface area contributed by atoms with Crippen molar-refractivity contribution in [3.63, 3.8) is 0 Å². The van der Waals surface area contributed by atoms with Crippen LogP contribution in [0.2, 0.25) is 0 Å². The molecule has 1 aromatic rings. The van der Waals surface area contributed by atoms with Gasteiger partial charge in [-0.25, -0.2) is 0 Å². The molecule has 0 bridgehead atoms. The van der Waals surface area contributed by atoms with Crippen molar-refractivity contribution in [2.45, 2.75) is 6.42 Å². The third-order valence-electron chi connectivity index (χ3n) is 3.51. The number of phenols is 1. The first-order valence-electron chi connectivity index (χ1n) is 6.61. The second kappa shape index (κ2) is 6.73. The summed E-state index contributed by atoms with van der Waals surface area (Å²) >= 11 is 0. The van der Waals surface area contributed by atoms with Crippen molar-refractivity contribution in [1.29, 1.82) is 0 Å². The van der Waals surface area contributed by atoms with Crippen LogP contribution in [0.1, 0.15) is 5.56 Å². The molecule has 2 rings (SSSR count). The molecule has 1 fully saturated rings. The Kier molecular flexibility index (Phi) is 4.99. The third-order valence-corrected chi connectivity index (χ3v) is 3.51. The van der Waals surface area contributed by atoms with E-state index in [2.05, 4.69) is 15.9 Å². The van der Waals surface area contributed by atoms with E-state index >= 15 is 0 Å². The predicted molar refractivity (Wildman–Crippen MR) is 71.8 cm³/mol. The molecule has 0 radical (unpaired) electrons. The van der Waals surface area contributed by atoms with Crippen LogP contribution in [0.4, 0.5) is 0 Å². The van der Waals surface area contributed by atoms with E-state index in [1.54, 1.807) is 6.07 Å². The zero-order valence-corrected chi connectivity index (χ0v) is 10.8. The number of hydrogen-bond donors (Lipinski definition) is 2. The molecule has 1 aromatic carbocycles. The minimum atomic E-state index is 0.253. The number of benzene rings is 1. The second-order valence-corrected chi connectivity index (χ2v) is 4.83. The van der Waals surface area contributed by atoms with E-state index in [0.29, 0.717) is 5.75 Å². The highest BCUT2D eigenvalue weighted by molar-refractivity contribution is 5.27. The lowest BCUT2D eigenvalue weighted by Gasteiger charge is -2.34. The Balaban J connectivity index is 1.72. The second-order valence-electron chi connectivity index (χ2n) is 4.83. The number of nitrogens with zero attached hydrogens (tertiary/aromatic N) is 2. The standard InChI is InChI=1S/C14H22N2O2/c17-11-10-16-8-6-15(7-9-16)5-4-13-2-1-3-14(18)12-13/h1-3,12,17-18H,4-11H2. The molecular formula is C14H22N2O2. The van der Waals surface area contributed by atoms with E-state index in [-0.39, 0.29) is 6.61 Å². The molecule has 0 amide bonds. The van der Waals surface area contributed by atoms with Crippen molar-refractivity contribution in [2.24, 2.45) is 0 Å². The third kappa shape index (κ3) is 3.98. The molecule has 0 unspecified atom stereocenters. The summed E-state index contributed by atoms with van der Waals surface area (Å²) in [5.74, 6) is 0.347. The predicted octanol–water partition coefficient (Wildman–Crippen LogP) is 0.545. The van der Waals surface area contributed by atoms with Gasteiger partial charge in [-0.3, -0.25) is 4.90 Å². The molecule has 2 N–H and O–H groups in total. The maximum atomic E-state index is 9.40. The SMILES string of the molecule is OCCN1CCN(CCc2cccc(O)c2)CC1. The Bertz CT molecular complexity index is 363. The van der Waals surface area contributed by atoms with Crippen LogP contribution in [0.15, 0.2) is 24.3 Å². The van der Waals surface area contributed by atoms with Gasteiger partial charge in [-0.1, -0.05) is 12.1 Å². The Hall–Kier alpha value is -1.10. The Labute approximate surface area is 108 Å². The van der Waals surface area contributed by atoms with E-state index in [0.717, 1.165) is 45.7 Å². The van der Waals surface area contributed by atoms with Crippen molar-refractivity contribution >= 4 is 0 Å². The summed E-state index contributed by atoms with van der Waals surface area (Å²) in [6.45, 7) is 6.30. The fourth-order valence-corrected chi connectivity index (χ4v) is 2.38. The van der Waals surface area contributed by atoms with Gasteiger partial charge in [-0.15, -0.1) is 0 Å². The van der Waals surface area contributed by atoms with Gasteiger partial charge in [0.05, 0.1) is 6.61 Å². The fraction of sp³-hybridized carbons (Fsp3) is 0.571. The largest absolute Gasteiger partial charge is 0.508 e. The molecule has 1 aliphatic heterocycles. The Morgan fingerprint density at radius 2 is 1.67 bits per heavy atom. The van der Waals surface area contributed by atoms with Crippen molar-refractivity contribution in [2.75, 3.05) is 45.9 Å². The zero-order valence-electron chi connectivity index (χ0n) is 10.8. The molecule has 0 saturated carbocycles. The topological polar surface area (TPSA) is 46.9 Å². The van der Waals surface area contributed by atoms with Gasteiger partial charge >= 0.3 is 0 Å². The van der Waals surface area contributed by atoms with Gasteiger partial charge in [0.25, 0.3) is 0 Å². The summed E-state index contributed by atoms with van der Waals surface area (Å²) in [7, 11) is 0. The van der Waals surface area contributed by atoms with Gasteiger partial charge in [-0.2, -0.15) is 0 Å². The molecule has 0 spiro atoms. The quantitative estimate of drug-likeness (QED) is 0.801. The number of β-amino-alcohol motifs (C(OH)–C–C–N with tert-alkyl or cyclic N) is 1. The van der Waals surface area contributed by atoms with Gasteiger partial charge in [0.1, 0.15) is 5.75 Å². The van der Waals surface area contributed by atoms with Crippen LogP contribution in [-0.2, 0) is 6.42 Å². The van der Waals surface area contributed by atoms with Crippen molar-refractivity contribution in [1.82, 2.24) is 9.80 Å². The number of hydrogen-bond acceptors (Lipinski definition) is 4.